The molecular formula is C13H10FN3O3. The van der Waals surface area contributed by atoms with E-state index in [1.807, 2.05) is 5.43 Å². The van der Waals surface area contributed by atoms with Crippen LogP contribution in [0.4, 0.5) is 4.39 Å². The Kier molecular flexibility index (Phi) is 3.98. The molecule has 0 spiro atoms. The van der Waals surface area contributed by atoms with E-state index in [4.69, 9.17) is 20.3 Å². The van der Waals surface area contributed by atoms with Crippen molar-refractivity contribution in [3.05, 3.63) is 53.2 Å². The van der Waals surface area contributed by atoms with Crippen LogP contribution in [0.2, 0.25) is 0 Å². The normalized spacial score (nSPS) is 9.85. The van der Waals surface area contributed by atoms with Gasteiger partial charge in [0.2, 0.25) is 0 Å². The molecule has 1 aromatic heterocycles. The summed E-state index contributed by atoms with van der Waals surface area (Å²) >= 11 is 0. The van der Waals surface area contributed by atoms with E-state index in [1.165, 1.54) is 24.5 Å². The number of carbonyl (C=O) groups is 1. The van der Waals surface area contributed by atoms with Gasteiger partial charge in [-0.3, -0.25) is 10.2 Å². The molecular weight excluding hydrogens is 265 g/mol. The maximum absolute atomic E-state index is 13.4. The van der Waals surface area contributed by atoms with Crippen LogP contribution in [-0.4, -0.2) is 5.91 Å². The molecule has 6 nitrogen and oxygen atoms in total. The minimum atomic E-state index is -0.677. The van der Waals surface area contributed by atoms with Crippen LogP contribution < -0.4 is 16.0 Å². The second-order valence-electron chi connectivity index (χ2n) is 3.77. The fraction of sp³-hybridized carbons (Fsp3) is 0.0769. The molecule has 0 aliphatic heterocycles. The van der Waals surface area contributed by atoms with E-state index in [2.05, 4.69) is 0 Å². The lowest BCUT2D eigenvalue weighted by Gasteiger charge is -2.06. The number of nitrogen functional groups attached to an aromatic ring is 1. The molecule has 20 heavy (non-hydrogen) atoms. The average molecular weight is 275 g/mol. The number of benzene rings is 1. The number of nitrogens with one attached hydrogen (secondary N) is 1. The summed E-state index contributed by atoms with van der Waals surface area (Å²) in [7, 11) is 0. The van der Waals surface area contributed by atoms with Gasteiger partial charge in [0.1, 0.15) is 24.2 Å². The lowest BCUT2D eigenvalue weighted by atomic mass is 10.2. The predicted molar refractivity (Wildman–Crippen MR) is 65.8 cm³/mol. The van der Waals surface area contributed by atoms with Crippen molar-refractivity contribution >= 4 is 5.91 Å². The van der Waals surface area contributed by atoms with Gasteiger partial charge >= 0.3 is 0 Å². The molecule has 0 bridgehead atoms. The number of hydrazine groups is 1. The summed E-state index contributed by atoms with van der Waals surface area (Å²) in [5, 5.41) is 8.61. The summed E-state index contributed by atoms with van der Waals surface area (Å²) in [5.74, 6) is 4.32. The van der Waals surface area contributed by atoms with Crippen molar-refractivity contribution in [3.8, 4) is 11.8 Å². The Balaban J connectivity index is 2.10. The molecule has 3 N–H and O–H groups in total. The van der Waals surface area contributed by atoms with Gasteiger partial charge in [-0.25, -0.2) is 10.2 Å². The molecule has 0 unspecified atom stereocenters. The van der Waals surface area contributed by atoms with Crippen LogP contribution in [0.1, 0.15) is 21.7 Å². The molecule has 1 aromatic carbocycles. The first-order chi connectivity index (χ1) is 9.65. The highest BCUT2D eigenvalue weighted by Gasteiger charge is 2.14. The number of nitrogens with two attached hydrogens (primary N) is 1. The topological polar surface area (TPSA) is 101 Å². The van der Waals surface area contributed by atoms with E-state index in [9.17, 15) is 9.18 Å². The second kappa shape index (κ2) is 5.86. The maximum atomic E-state index is 13.4. The number of rotatable bonds is 4. The van der Waals surface area contributed by atoms with Gasteiger partial charge in [-0.05, 0) is 18.2 Å². The number of halogens is 1. The van der Waals surface area contributed by atoms with Crippen LogP contribution in [-0.2, 0) is 6.61 Å². The molecule has 102 valence electrons. The minimum Gasteiger partial charge on any atom is -0.486 e. The third kappa shape index (κ3) is 2.76. The molecule has 2 rings (SSSR count). The third-order valence-corrected chi connectivity index (χ3v) is 2.55. The zero-order valence-electron chi connectivity index (χ0n) is 10.2. The number of hydrogen-bond acceptors (Lipinski definition) is 5. The number of amides is 1. The molecule has 1 amide bonds. The van der Waals surface area contributed by atoms with Crippen molar-refractivity contribution in [1.29, 1.82) is 5.26 Å². The molecule has 0 fully saturated rings. The minimum absolute atomic E-state index is 0.0684. The van der Waals surface area contributed by atoms with Crippen LogP contribution in [0.3, 0.4) is 0 Å². The highest BCUT2D eigenvalue weighted by Crippen LogP contribution is 2.19. The largest absolute Gasteiger partial charge is 0.486 e. The monoisotopic (exact) mass is 275 g/mol. The average Bonchev–Trinajstić information content (AvgIpc) is 2.93. The quantitative estimate of drug-likeness (QED) is 0.500. The summed E-state index contributed by atoms with van der Waals surface area (Å²) in [6, 6.07) is 7.00. The van der Waals surface area contributed by atoms with Crippen LogP contribution >= 0.6 is 0 Å². The van der Waals surface area contributed by atoms with Crippen molar-refractivity contribution in [2.75, 3.05) is 0 Å². The van der Waals surface area contributed by atoms with Gasteiger partial charge in [0.15, 0.2) is 5.76 Å². The fourth-order valence-electron chi connectivity index (χ4n) is 1.56. The lowest BCUT2D eigenvalue weighted by molar-refractivity contribution is 0.0949. The highest BCUT2D eigenvalue weighted by molar-refractivity contribution is 5.94. The van der Waals surface area contributed by atoms with Crippen molar-refractivity contribution in [1.82, 2.24) is 5.43 Å². The molecule has 0 aliphatic rings. The van der Waals surface area contributed by atoms with E-state index in [1.54, 1.807) is 6.07 Å². The number of hydrogen-bond donors (Lipinski definition) is 2. The van der Waals surface area contributed by atoms with E-state index in [0.717, 1.165) is 6.07 Å². The van der Waals surface area contributed by atoms with Crippen LogP contribution in [0, 0.1) is 17.1 Å². The van der Waals surface area contributed by atoms with E-state index < -0.39 is 11.7 Å². The number of nitriles is 1. The Bertz CT molecular complexity index is 676. The first kappa shape index (κ1) is 13.6. The zero-order chi connectivity index (χ0) is 14.5. The maximum Gasteiger partial charge on any atom is 0.268 e. The molecule has 0 atom stereocenters. The fourth-order valence-corrected chi connectivity index (χ4v) is 1.56. The Hall–Kier alpha value is -2.85. The van der Waals surface area contributed by atoms with Gasteiger partial charge in [0.25, 0.3) is 5.91 Å². The molecule has 0 saturated heterocycles. The van der Waals surface area contributed by atoms with E-state index >= 15 is 0 Å². The Labute approximate surface area is 113 Å². The van der Waals surface area contributed by atoms with Crippen molar-refractivity contribution in [2.24, 2.45) is 5.84 Å². The van der Waals surface area contributed by atoms with Gasteiger partial charge in [0.05, 0.1) is 17.4 Å². The van der Waals surface area contributed by atoms with E-state index in [-0.39, 0.29) is 29.2 Å². The number of carbonyl (C=O) groups excluding carboxylic acids is 1. The predicted octanol–water partition coefficient (Wildman–Crippen LogP) is 1.47. The van der Waals surface area contributed by atoms with E-state index in [0.29, 0.717) is 0 Å². The van der Waals surface area contributed by atoms with Crippen molar-refractivity contribution in [3.63, 3.8) is 0 Å². The Morgan fingerprint density at radius 1 is 1.50 bits per heavy atom. The summed E-state index contributed by atoms with van der Waals surface area (Å²) in [5.41, 5.74) is 2.15. The number of nitrogens with zero attached hydrogens (tertiary/aromatic N) is 1. The van der Waals surface area contributed by atoms with Gasteiger partial charge in [-0.1, -0.05) is 0 Å². The number of furan rings is 1. The summed E-state index contributed by atoms with van der Waals surface area (Å²) in [6.45, 7) is -0.0684. The molecule has 7 heteroatoms. The van der Waals surface area contributed by atoms with Gasteiger partial charge < -0.3 is 9.15 Å². The van der Waals surface area contributed by atoms with Gasteiger partial charge in [-0.15, -0.1) is 0 Å². The molecule has 1 heterocycles. The zero-order valence-corrected chi connectivity index (χ0v) is 10.2. The lowest BCUT2D eigenvalue weighted by Crippen LogP contribution is -2.30. The van der Waals surface area contributed by atoms with Gasteiger partial charge in [-0.2, -0.15) is 5.26 Å². The van der Waals surface area contributed by atoms with Crippen LogP contribution in [0.5, 0.6) is 5.75 Å². The smallest absolute Gasteiger partial charge is 0.268 e. The van der Waals surface area contributed by atoms with Crippen LogP contribution in [0.15, 0.2) is 34.9 Å². The third-order valence-electron chi connectivity index (χ3n) is 2.55. The summed E-state index contributed by atoms with van der Waals surface area (Å²) in [4.78, 5) is 11.4. The SMILES string of the molecule is N#Cc1ccc(OCc2occc2C(=O)NN)cc1F. The first-order valence-corrected chi connectivity index (χ1v) is 5.55. The Morgan fingerprint density at radius 3 is 2.95 bits per heavy atom. The number of ether oxygens (including phenoxy) is 1. The molecule has 0 aliphatic carbocycles. The first-order valence-electron chi connectivity index (χ1n) is 5.55. The summed E-state index contributed by atoms with van der Waals surface area (Å²) < 4.78 is 23.8. The standard InChI is InChI=1S/C13H10FN3O3/c14-11-5-9(2-1-8(11)6-15)20-7-12-10(3-4-19-12)13(18)17-16/h1-5H,7,16H2,(H,17,18). The molecule has 2 aromatic rings. The Morgan fingerprint density at radius 2 is 2.30 bits per heavy atom. The molecule has 0 radical (unpaired) electrons. The second-order valence-corrected chi connectivity index (χ2v) is 3.77. The van der Waals surface area contributed by atoms with Crippen molar-refractivity contribution < 1.29 is 18.3 Å². The highest BCUT2D eigenvalue weighted by atomic mass is 19.1. The molecule has 0 saturated carbocycles. The van der Waals surface area contributed by atoms with Crippen molar-refractivity contribution in [2.45, 2.75) is 6.61 Å². The summed E-state index contributed by atoms with van der Waals surface area (Å²) in [6.07, 6.45) is 1.32. The van der Waals surface area contributed by atoms with Gasteiger partial charge in [0, 0.05) is 6.07 Å². The van der Waals surface area contributed by atoms with Crippen LogP contribution in [0.25, 0.3) is 0 Å².